The Labute approximate surface area is 84.3 Å². The highest BCUT2D eigenvalue weighted by Crippen LogP contribution is 2.20. The standard InChI is InChI=1S/C9H9F2NO3/c1-5-2-6(8(11)3-7(5)10)9(13)4-12(14)15/h2-3,9,13H,4H2,1H3. The predicted octanol–water partition coefficient (Wildman–Crippen LogP) is 1.58. The van der Waals surface area contributed by atoms with Crippen LogP contribution in [0.3, 0.4) is 0 Å². The molecule has 6 heteroatoms. The molecule has 0 spiro atoms. The Morgan fingerprint density at radius 3 is 2.60 bits per heavy atom. The molecule has 15 heavy (non-hydrogen) atoms. The number of rotatable bonds is 3. The summed E-state index contributed by atoms with van der Waals surface area (Å²) >= 11 is 0. The van der Waals surface area contributed by atoms with Crippen molar-refractivity contribution in [3.63, 3.8) is 0 Å². The van der Waals surface area contributed by atoms with Crippen LogP contribution in [0.2, 0.25) is 0 Å². The van der Waals surface area contributed by atoms with Crippen molar-refractivity contribution < 1.29 is 18.8 Å². The number of aryl methyl sites for hydroxylation is 1. The molecule has 4 nitrogen and oxygen atoms in total. The number of aliphatic hydroxyl groups is 1. The van der Waals surface area contributed by atoms with E-state index in [1.54, 1.807) is 0 Å². The van der Waals surface area contributed by atoms with Crippen LogP contribution >= 0.6 is 0 Å². The summed E-state index contributed by atoms with van der Waals surface area (Å²) in [5, 5.41) is 19.4. The van der Waals surface area contributed by atoms with Gasteiger partial charge in [-0.05, 0) is 18.6 Å². The molecule has 0 aliphatic carbocycles. The molecule has 0 aliphatic rings. The van der Waals surface area contributed by atoms with Gasteiger partial charge >= 0.3 is 0 Å². The van der Waals surface area contributed by atoms with Gasteiger partial charge in [0.2, 0.25) is 6.54 Å². The molecular formula is C9H9F2NO3. The van der Waals surface area contributed by atoms with Gasteiger partial charge in [0.25, 0.3) is 0 Å². The van der Waals surface area contributed by atoms with Crippen LogP contribution < -0.4 is 0 Å². The first-order valence-corrected chi connectivity index (χ1v) is 4.17. The van der Waals surface area contributed by atoms with Crippen molar-refractivity contribution in [2.75, 3.05) is 6.54 Å². The van der Waals surface area contributed by atoms with Gasteiger partial charge in [-0.25, -0.2) is 8.78 Å². The van der Waals surface area contributed by atoms with Crippen LogP contribution in [0.5, 0.6) is 0 Å². The van der Waals surface area contributed by atoms with E-state index in [1.807, 2.05) is 0 Å². The van der Waals surface area contributed by atoms with Crippen molar-refractivity contribution in [1.29, 1.82) is 0 Å². The maximum absolute atomic E-state index is 13.1. The fraction of sp³-hybridized carbons (Fsp3) is 0.333. The van der Waals surface area contributed by atoms with E-state index in [0.717, 1.165) is 6.07 Å². The van der Waals surface area contributed by atoms with E-state index in [1.165, 1.54) is 6.92 Å². The van der Waals surface area contributed by atoms with Gasteiger partial charge in [0.05, 0.1) is 0 Å². The van der Waals surface area contributed by atoms with Crippen LogP contribution in [0.15, 0.2) is 12.1 Å². The van der Waals surface area contributed by atoms with Gasteiger partial charge in [-0.2, -0.15) is 0 Å². The third-order valence-corrected chi connectivity index (χ3v) is 1.96. The summed E-state index contributed by atoms with van der Waals surface area (Å²) in [6.45, 7) is 0.582. The Morgan fingerprint density at radius 2 is 2.07 bits per heavy atom. The van der Waals surface area contributed by atoms with Gasteiger partial charge in [0.15, 0.2) is 0 Å². The topological polar surface area (TPSA) is 63.4 Å². The molecule has 0 aliphatic heterocycles. The SMILES string of the molecule is Cc1cc(C(O)C[N+](=O)[O-])c(F)cc1F. The van der Waals surface area contributed by atoms with E-state index < -0.39 is 29.2 Å². The largest absolute Gasteiger partial charge is 0.381 e. The normalized spacial score (nSPS) is 12.5. The number of hydrogen-bond acceptors (Lipinski definition) is 3. The van der Waals surface area contributed by atoms with Crippen LogP contribution in [-0.2, 0) is 0 Å². The number of halogens is 2. The summed E-state index contributed by atoms with van der Waals surface area (Å²) in [6, 6.07) is 1.67. The number of aliphatic hydroxyl groups excluding tert-OH is 1. The van der Waals surface area contributed by atoms with Crippen molar-refractivity contribution in [2.24, 2.45) is 0 Å². The number of benzene rings is 1. The summed E-state index contributed by atoms with van der Waals surface area (Å²) in [6.07, 6.45) is -1.56. The molecule has 1 rings (SSSR count). The van der Waals surface area contributed by atoms with Crippen LogP contribution in [0.1, 0.15) is 17.2 Å². The van der Waals surface area contributed by atoms with Gasteiger partial charge in [0.1, 0.15) is 17.7 Å². The molecule has 0 saturated heterocycles. The number of nitrogens with zero attached hydrogens (tertiary/aromatic N) is 1. The van der Waals surface area contributed by atoms with Gasteiger partial charge in [0, 0.05) is 16.6 Å². The molecule has 0 bridgehead atoms. The molecule has 0 radical (unpaired) electrons. The third kappa shape index (κ3) is 2.69. The zero-order chi connectivity index (χ0) is 11.6. The van der Waals surface area contributed by atoms with Crippen molar-refractivity contribution in [3.8, 4) is 0 Å². The van der Waals surface area contributed by atoms with Crippen molar-refractivity contribution in [3.05, 3.63) is 45.0 Å². The van der Waals surface area contributed by atoms with E-state index in [4.69, 9.17) is 0 Å². The Balaban J connectivity index is 3.03. The second-order valence-corrected chi connectivity index (χ2v) is 3.15. The summed E-state index contributed by atoms with van der Waals surface area (Å²) in [7, 11) is 0. The van der Waals surface area contributed by atoms with Gasteiger partial charge in [-0.15, -0.1) is 0 Å². The maximum Gasteiger partial charge on any atom is 0.233 e. The Morgan fingerprint density at radius 1 is 1.47 bits per heavy atom. The van der Waals surface area contributed by atoms with Crippen LogP contribution in [0.4, 0.5) is 8.78 Å². The highest BCUT2D eigenvalue weighted by molar-refractivity contribution is 5.27. The predicted molar refractivity (Wildman–Crippen MR) is 47.9 cm³/mol. The molecular weight excluding hydrogens is 208 g/mol. The highest BCUT2D eigenvalue weighted by atomic mass is 19.1. The van der Waals surface area contributed by atoms with E-state index in [0.29, 0.717) is 6.07 Å². The molecule has 0 aromatic heterocycles. The average molecular weight is 217 g/mol. The first kappa shape index (κ1) is 11.5. The fourth-order valence-corrected chi connectivity index (χ4v) is 1.17. The molecule has 1 unspecified atom stereocenters. The highest BCUT2D eigenvalue weighted by Gasteiger charge is 2.19. The van der Waals surface area contributed by atoms with E-state index in [-0.39, 0.29) is 11.1 Å². The first-order valence-electron chi connectivity index (χ1n) is 4.17. The number of hydrogen-bond donors (Lipinski definition) is 1. The fourth-order valence-electron chi connectivity index (χ4n) is 1.17. The minimum absolute atomic E-state index is 0.133. The van der Waals surface area contributed by atoms with Crippen LogP contribution in [0, 0.1) is 28.7 Å². The van der Waals surface area contributed by atoms with E-state index in [9.17, 15) is 24.0 Å². The molecule has 1 aromatic carbocycles. The van der Waals surface area contributed by atoms with Crippen molar-refractivity contribution in [2.45, 2.75) is 13.0 Å². The lowest BCUT2D eigenvalue weighted by Gasteiger charge is -2.09. The molecule has 0 fully saturated rings. The summed E-state index contributed by atoms with van der Waals surface area (Å²) in [5.74, 6) is -1.72. The second kappa shape index (κ2) is 4.31. The zero-order valence-electron chi connectivity index (χ0n) is 7.91. The monoisotopic (exact) mass is 217 g/mol. The molecule has 0 heterocycles. The van der Waals surface area contributed by atoms with Crippen LogP contribution in [0.25, 0.3) is 0 Å². The van der Waals surface area contributed by atoms with Crippen molar-refractivity contribution in [1.82, 2.24) is 0 Å². The lowest BCUT2D eigenvalue weighted by molar-refractivity contribution is -0.491. The minimum Gasteiger partial charge on any atom is -0.381 e. The quantitative estimate of drug-likeness (QED) is 0.617. The Hall–Kier alpha value is -1.56. The smallest absolute Gasteiger partial charge is 0.233 e. The Bertz CT molecular complexity index is 395. The summed E-state index contributed by atoms with van der Waals surface area (Å²) < 4.78 is 25.9. The van der Waals surface area contributed by atoms with Gasteiger partial charge in [-0.3, -0.25) is 10.1 Å². The lowest BCUT2D eigenvalue weighted by Crippen LogP contribution is -2.13. The van der Waals surface area contributed by atoms with E-state index in [2.05, 4.69) is 0 Å². The third-order valence-electron chi connectivity index (χ3n) is 1.96. The molecule has 0 saturated carbocycles. The van der Waals surface area contributed by atoms with Gasteiger partial charge < -0.3 is 5.11 Å². The van der Waals surface area contributed by atoms with Crippen LogP contribution in [-0.4, -0.2) is 16.6 Å². The number of nitro groups is 1. The molecule has 1 atom stereocenters. The zero-order valence-corrected chi connectivity index (χ0v) is 7.91. The minimum atomic E-state index is -1.56. The second-order valence-electron chi connectivity index (χ2n) is 3.15. The molecule has 1 N–H and O–H groups in total. The Kier molecular flexibility index (Phi) is 3.31. The summed E-state index contributed by atoms with van der Waals surface area (Å²) in [5.41, 5.74) is -0.126. The molecule has 0 amide bonds. The lowest BCUT2D eigenvalue weighted by atomic mass is 10.1. The average Bonchev–Trinajstić information content (AvgIpc) is 2.09. The summed E-state index contributed by atoms with van der Waals surface area (Å²) in [4.78, 5) is 9.33. The van der Waals surface area contributed by atoms with E-state index >= 15 is 0 Å². The molecule has 82 valence electrons. The van der Waals surface area contributed by atoms with Gasteiger partial charge in [-0.1, -0.05) is 0 Å². The molecule has 1 aromatic rings. The first-order chi connectivity index (χ1) is 6.91. The van der Waals surface area contributed by atoms with Crippen molar-refractivity contribution >= 4 is 0 Å². The maximum atomic E-state index is 13.1.